The van der Waals surface area contributed by atoms with Crippen molar-refractivity contribution < 1.29 is 34.1 Å². The fourth-order valence-corrected chi connectivity index (χ4v) is 6.56. The number of carbonyl (C=O) groups excluding carboxylic acids is 1. The summed E-state index contributed by atoms with van der Waals surface area (Å²) in [4.78, 5) is 38.6. The first-order chi connectivity index (χ1) is 21.3. The zero-order chi connectivity index (χ0) is 31.1. The van der Waals surface area contributed by atoms with Gasteiger partial charge in [-0.25, -0.2) is 14.4 Å². The second-order valence-corrected chi connectivity index (χ2v) is 11.8. The van der Waals surface area contributed by atoms with Crippen LogP contribution in [0.15, 0.2) is 78.9 Å². The van der Waals surface area contributed by atoms with Crippen LogP contribution < -0.4 is 19.7 Å². The lowest BCUT2D eigenvalue weighted by atomic mass is 9.89. The van der Waals surface area contributed by atoms with Gasteiger partial charge in [-0.2, -0.15) is 0 Å². The number of para-hydroxylation sites is 1. The number of benzene rings is 3. The number of aromatic carboxylic acids is 1. The van der Waals surface area contributed by atoms with Crippen molar-refractivity contribution in [3.63, 3.8) is 0 Å². The Balaban J connectivity index is 1.40. The zero-order valence-corrected chi connectivity index (χ0v) is 25.3. The molecule has 0 spiro atoms. The first-order valence-electron chi connectivity index (χ1n) is 14.2. The summed E-state index contributed by atoms with van der Waals surface area (Å²) < 4.78 is 11.1. The first kappa shape index (κ1) is 30.9. The van der Waals surface area contributed by atoms with Crippen molar-refractivity contribution in [2.75, 3.05) is 23.4 Å². The van der Waals surface area contributed by atoms with Crippen LogP contribution in [0.25, 0.3) is 10.4 Å². The highest BCUT2D eigenvalue weighted by Crippen LogP contribution is 2.46. The smallest absolute Gasteiger partial charge is 0.349 e. The Morgan fingerprint density at radius 2 is 1.61 bits per heavy atom. The number of hydrogen-bond donors (Lipinski definition) is 3. The standard InChI is InChI=1S/C33H31ClN2O7S/c34-28-29(42-20-27(37)38)31(32(39)40)44-30(28)22-10-7-11-24(18-22)36(19-21-8-3-1-4-9-21)33(41)35-23-14-16-26(17-15-23)43-25-12-5-2-6-13-25/h2,5-7,10-18,21H,1,3-4,8-9,19-20H2,(H,35,41)(H,37,38)(H,39,40). The number of nitrogens with zero attached hydrogens (tertiary/aromatic N) is 1. The molecule has 11 heteroatoms. The quantitative estimate of drug-likeness (QED) is 0.151. The van der Waals surface area contributed by atoms with Crippen LogP contribution in [-0.4, -0.2) is 41.3 Å². The van der Waals surface area contributed by atoms with Crippen molar-refractivity contribution in [1.29, 1.82) is 0 Å². The van der Waals surface area contributed by atoms with Crippen molar-refractivity contribution in [2.45, 2.75) is 32.1 Å². The highest BCUT2D eigenvalue weighted by molar-refractivity contribution is 7.18. The van der Waals surface area contributed by atoms with E-state index in [9.17, 15) is 19.5 Å². The van der Waals surface area contributed by atoms with E-state index in [1.54, 1.807) is 47.4 Å². The van der Waals surface area contributed by atoms with Crippen LogP contribution in [0.5, 0.6) is 17.2 Å². The largest absolute Gasteiger partial charge is 0.479 e. The van der Waals surface area contributed by atoms with Crippen LogP contribution in [0.1, 0.15) is 41.8 Å². The predicted octanol–water partition coefficient (Wildman–Crippen LogP) is 8.64. The topological polar surface area (TPSA) is 125 Å². The summed E-state index contributed by atoms with van der Waals surface area (Å²) in [6.07, 6.45) is 5.47. The van der Waals surface area contributed by atoms with Crippen LogP contribution in [0.3, 0.4) is 0 Å². The minimum absolute atomic E-state index is 0.00638. The number of carbonyl (C=O) groups is 3. The lowest BCUT2D eigenvalue weighted by Crippen LogP contribution is -2.39. The molecule has 1 aliphatic carbocycles. The lowest BCUT2D eigenvalue weighted by Gasteiger charge is -2.30. The molecular formula is C33H31ClN2O7S. The highest BCUT2D eigenvalue weighted by Gasteiger charge is 2.27. The van der Waals surface area contributed by atoms with Crippen LogP contribution in [0.4, 0.5) is 16.2 Å². The van der Waals surface area contributed by atoms with Gasteiger partial charge in [0.2, 0.25) is 0 Å². The molecular weight excluding hydrogens is 604 g/mol. The Morgan fingerprint density at radius 3 is 2.30 bits per heavy atom. The molecule has 3 aromatic carbocycles. The van der Waals surface area contributed by atoms with E-state index in [2.05, 4.69) is 5.32 Å². The van der Waals surface area contributed by atoms with Gasteiger partial charge in [-0.15, -0.1) is 11.3 Å². The van der Waals surface area contributed by atoms with Gasteiger partial charge in [0.15, 0.2) is 17.2 Å². The molecule has 1 heterocycles. The average Bonchev–Trinajstić information content (AvgIpc) is 3.37. The van der Waals surface area contributed by atoms with Gasteiger partial charge in [0.05, 0.1) is 4.88 Å². The lowest BCUT2D eigenvalue weighted by molar-refractivity contribution is -0.139. The molecule has 1 fully saturated rings. The molecule has 1 saturated carbocycles. The summed E-state index contributed by atoms with van der Waals surface area (Å²) in [6.45, 7) is -0.221. The number of thiophene rings is 1. The summed E-state index contributed by atoms with van der Waals surface area (Å²) >= 11 is 7.43. The number of rotatable bonds is 11. The second-order valence-electron chi connectivity index (χ2n) is 10.4. The average molecular weight is 635 g/mol. The molecule has 3 N–H and O–H groups in total. The van der Waals surface area contributed by atoms with Crippen LogP contribution >= 0.6 is 22.9 Å². The summed E-state index contributed by atoms with van der Waals surface area (Å²) in [5.74, 6) is -1.04. The van der Waals surface area contributed by atoms with Crippen molar-refractivity contribution >= 4 is 52.3 Å². The molecule has 2 amide bonds. The van der Waals surface area contributed by atoms with Gasteiger partial charge in [0.25, 0.3) is 0 Å². The monoisotopic (exact) mass is 634 g/mol. The Bertz CT molecular complexity index is 1620. The molecule has 228 valence electrons. The molecule has 9 nitrogen and oxygen atoms in total. The van der Waals surface area contributed by atoms with Gasteiger partial charge in [0.1, 0.15) is 16.5 Å². The van der Waals surface area contributed by atoms with E-state index >= 15 is 0 Å². The van der Waals surface area contributed by atoms with Crippen LogP contribution in [-0.2, 0) is 4.79 Å². The van der Waals surface area contributed by atoms with Gasteiger partial charge in [-0.1, -0.05) is 61.2 Å². The van der Waals surface area contributed by atoms with E-state index < -0.39 is 18.5 Å². The van der Waals surface area contributed by atoms with E-state index in [4.69, 9.17) is 26.2 Å². The number of nitrogens with one attached hydrogen (secondary N) is 1. The maximum atomic E-state index is 13.8. The maximum Gasteiger partial charge on any atom is 0.349 e. The number of carboxylic acid groups (broad SMARTS) is 2. The van der Waals surface area contributed by atoms with Gasteiger partial charge in [-0.05, 0) is 72.9 Å². The number of aliphatic carboxylic acids is 1. The number of urea groups is 1. The Labute approximate surface area is 263 Å². The fraction of sp³-hybridized carbons (Fsp3) is 0.242. The third kappa shape index (κ3) is 7.69. The predicted molar refractivity (Wildman–Crippen MR) is 171 cm³/mol. The number of ether oxygens (including phenoxy) is 2. The number of carboxylic acids is 2. The van der Waals surface area contributed by atoms with E-state index in [0.717, 1.165) is 37.0 Å². The Kier molecular flexibility index (Phi) is 10.0. The number of hydrogen-bond acceptors (Lipinski definition) is 6. The molecule has 4 aromatic rings. The number of halogens is 1. The third-order valence-corrected chi connectivity index (χ3v) is 8.94. The van der Waals surface area contributed by atoms with Gasteiger partial charge in [0, 0.05) is 17.9 Å². The van der Waals surface area contributed by atoms with E-state index in [0.29, 0.717) is 45.8 Å². The van der Waals surface area contributed by atoms with Crippen molar-refractivity contribution in [1.82, 2.24) is 0 Å². The SMILES string of the molecule is O=C(O)COc1c(C(=O)O)sc(-c2cccc(N(CC3CCCCC3)C(=O)Nc3ccc(Oc4ccccc4)cc3)c2)c1Cl. The molecule has 0 aliphatic heterocycles. The van der Waals surface area contributed by atoms with Crippen molar-refractivity contribution in [2.24, 2.45) is 5.92 Å². The summed E-state index contributed by atoms with van der Waals surface area (Å²) in [5, 5.41) is 21.7. The zero-order valence-electron chi connectivity index (χ0n) is 23.7. The van der Waals surface area contributed by atoms with Gasteiger partial charge in [-0.3, -0.25) is 4.90 Å². The van der Waals surface area contributed by atoms with Crippen molar-refractivity contribution in [3.05, 3.63) is 88.8 Å². The Hall–Kier alpha value is -4.54. The van der Waals surface area contributed by atoms with E-state index in [1.807, 2.05) is 36.4 Å². The molecule has 1 aliphatic rings. The minimum Gasteiger partial charge on any atom is -0.479 e. The van der Waals surface area contributed by atoms with Gasteiger partial charge >= 0.3 is 18.0 Å². The van der Waals surface area contributed by atoms with Crippen molar-refractivity contribution in [3.8, 4) is 27.7 Å². The van der Waals surface area contributed by atoms with Gasteiger partial charge < -0.3 is 25.0 Å². The minimum atomic E-state index is -1.28. The fourth-order valence-electron chi connectivity index (χ4n) is 5.16. The molecule has 0 atom stereocenters. The summed E-state index contributed by atoms with van der Waals surface area (Å²) in [6, 6.07) is 23.4. The Morgan fingerprint density at radius 1 is 0.909 bits per heavy atom. The van der Waals surface area contributed by atoms with E-state index in [-0.39, 0.29) is 21.7 Å². The normalized spacial score (nSPS) is 13.2. The molecule has 5 rings (SSSR count). The highest BCUT2D eigenvalue weighted by atomic mass is 35.5. The maximum absolute atomic E-state index is 13.8. The molecule has 44 heavy (non-hydrogen) atoms. The van der Waals surface area contributed by atoms with E-state index in [1.165, 1.54) is 6.42 Å². The molecule has 0 unspecified atom stereocenters. The molecule has 1 aromatic heterocycles. The number of amides is 2. The van der Waals surface area contributed by atoms with Crippen LogP contribution in [0.2, 0.25) is 5.02 Å². The van der Waals surface area contributed by atoms with Crippen LogP contribution in [0, 0.1) is 5.92 Å². The third-order valence-electron chi connectivity index (χ3n) is 7.26. The summed E-state index contributed by atoms with van der Waals surface area (Å²) in [5.41, 5.74) is 1.80. The molecule has 0 saturated heterocycles. The molecule has 0 radical (unpaired) electrons. The number of anilines is 2. The molecule has 0 bridgehead atoms. The summed E-state index contributed by atoms with van der Waals surface area (Å²) in [7, 11) is 0. The first-order valence-corrected chi connectivity index (χ1v) is 15.4. The second kappa shape index (κ2) is 14.3.